The highest BCUT2D eigenvalue weighted by atomic mass is 16.2. The minimum absolute atomic E-state index is 0.0116. The molecule has 134 valence electrons. The maximum absolute atomic E-state index is 12.9. The van der Waals surface area contributed by atoms with Crippen LogP contribution in [0.3, 0.4) is 0 Å². The second kappa shape index (κ2) is 7.16. The molecule has 25 heavy (non-hydrogen) atoms. The van der Waals surface area contributed by atoms with Gasteiger partial charge >= 0.3 is 0 Å². The monoisotopic (exact) mass is 341 g/mol. The number of benzene rings is 1. The summed E-state index contributed by atoms with van der Waals surface area (Å²) >= 11 is 0. The van der Waals surface area contributed by atoms with Crippen molar-refractivity contribution >= 4 is 23.2 Å². The summed E-state index contributed by atoms with van der Waals surface area (Å²) in [7, 11) is 0. The van der Waals surface area contributed by atoms with Crippen LogP contribution in [0, 0.1) is 0 Å². The van der Waals surface area contributed by atoms with Gasteiger partial charge in [0.05, 0.1) is 6.04 Å². The summed E-state index contributed by atoms with van der Waals surface area (Å²) in [6, 6.07) is 6.44. The molecule has 4 rings (SSSR count). The number of carbonyl (C=O) groups excluding carboxylic acids is 2. The first-order valence-electron chi connectivity index (χ1n) is 9.70. The molecule has 1 aromatic rings. The lowest BCUT2D eigenvalue weighted by atomic mass is 9.98. The van der Waals surface area contributed by atoms with Gasteiger partial charge in [-0.1, -0.05) is 25.3 Å². The first-order valence-corrected chi connectivity index (χ1v) is 9.70. The third-order valence-corrected chi connectivity index (χ3v) is 5.91. The van der Waals surface area contributed by atoms with E-state index in [9.17, 15) is 9.59 Å². The van der Waals surface area contributed by atoms with Gasteiger partial charge in [-0.3, -0.25) is 14.5 Å². The molecule has 1 aromatic carbocycles. The van der Waals surface area contributed by atoms with Crippen molar-refractivity contribution in [2.45, 2.75) is 69.9 Å². The standard InChI is InChI=1S/C20H27N3O2/c24-19-11-9-14-8-10-15(13-17(14)22-19)21-20(25)18-7-3-4-12-23(18)16-5-1-2-6-16/h8,10,13,16,18H,1-7,9,11-12H2,(H,21,25)(H,22,24)/t18-/m1/s1. The first kappa shape index (κ1) is 16.6. The van der Waals surface area contributed by atoms with Crippen molar-refractivity contribution in [2.24, 2.45) is 0 Å². The van der Waals surface area contributed by atoms with Crippen LogP contribution >= 0.6 is 0 Å². The molecular formula is C20H27N3O2. The molecule has 1 saturated heterocycles. The molecular weight excluding hydrogens is 314 g/mol. The molecule has 2 fully saturated rings. The maximum atomic E-state index is 12.9. The van der Waals surface area contributed by atoms with Crippen molar-refractivity contribution < 1.29 is 9.59 Å². The topological polar surface area (TPSA) is 61.4 Å². The van der Waals surface area contributed by atoms with E-state index < -0.39 is 0 Å². The molecule has 0 unspecified atom stereocenters. The zero-order valence-electron chi connectivity index (χ0n) is 14.7. The number of hydrogen-bond acceptors (Lipinski definition) is 3. The molecule has 0 aromatic heterocycles. The molecule has 1 aliphatic carbocycles. The Kier molecular flexibility index (Phi) is 4.75. The molecule has 1 atom stereocenters. The largest absolute Gasteiger partial charge is 0.326 e. The lowest BCUT2D eigenvalue weighted by Crippen LogP contribution is -2.51. The Morgan fingerprint density at radius 3 is 2.72 bits per heavy atom. The maximum Gasteiger partial charge on any atom is 0.241 e. The van der Waals surface area contributed by atoms with Gasteiger partial charge in [0.2, 0.25) is 11.8 Å². The number of hydrogen-bond donors (Lipinski definition) is 2. The molecule has 5 heteroatoms. The van der Waals surface area contributed by atoms with Gasteiger partial charge in [0, 0.05) is 23.8 Å². The highest BCUT2D eigenvalue weighted by Crippen LogP contribution is 2.31. The van der Waals surface area contributed by atoms with Crippen LogP contribution in [0.5, 0.6) is 0 Å². The van der Waals surface area contributed by atoms with Crippen molar-refractivity contribution in [3.63, 3.8) is 0 Å². The summed E-state index contributed by atoms with van der Waals surface area (Å²) in [5.41, 5.74) is 2.76. The molecule has 2 amide bonds. The van der Waals surface area contributed by atoms with Crippen LogP contribution in [0.15, 0.2) is 18.2 Å². The Morgan fingerprint density at radius 1 is 1.08 bits per heavy atom. The summed E-state index contributed by atoms with van der Waals surface area (Å²) < 4.78 is 0. The van der Waals surface area contributed by atoms with Crippen LogP contribution in [0.2, 0.25) is 0 Å². The van der Waals surface area contributed by atoms with Gasteiger partial charge in [0.25, 0.3) is 0 Å². The Labute approximate surface area is 149 Å². The number of likely N-dealkylation sites (tertiary alicyclic amines) is 1. The quantitative estimate of drug-likeness (QED) is 0.887. The van der Waals surface area contributed by atoms with Crippen molar-refractivity contribution in [1.82, 2.24) is 4.90 Å². The Morgan fingerprint density at radius 2 is 1.88 bits per heavy atom. The molecule has 0 spiro atoms. The Balaban J connectivity index is 1.47. The molecule has 2 heterocycles. The smallest absolute Gasteiger partial charge is 0.241 e. The van der Waals surface area contributed by atoms with Gasteiger partial charge in [0.15, 0.2) is 0 Å². The molecule has 1 saturated carbocycles. The van der Waals surface area contributed by atoms with Gasteiger partial charge in [-0.05, 0) is 56.3 Å². The summed E-state index contributed by atoms with van der Waals surface area (Å²) in [6.45, 7) is 1.04. The number of carbonyl (C=O) groups is 2. The molecule has 0 radical (unpaired) electrons. The van der Waals surface area contributed by atoms with Crippen LogP contribution in [-0.4, -0.2) is 35.3 Å². The van der Waals surface area contributed by atoms with Gasteiger partial charge in [0.1, 0.15) is 0 Å². The van der Waals surface area contributed by atoms with Gasteiger partial charge in [-0.2, -0.15) is 0 Å². The number of nitrogens with one attached hydrogen (secondary N) is 2. The van der Waals surface area contributed by atoms with Crippen molar-refractivity contribution in [1.29, 1.82) is 0 Å². The fourth-order valence-corrected chi connectivity index (χ4v) is 4.58. The first-order chi connectivity index (χ1) is 12.2. The van der Waals surface area contributed by atoms with E-state index in [4.69, 9.17) is 0 Å². The Bertz CT molecular complexity index is 667. The summed E-state index contributed by atoms with van der Waals surface area (Å²) in [4.78, 5) is 27.0. The van der Waals surface area contributed by atoms with Crippen LogP contribution in [0.1, 0.15) is 56.9 Å². The highest BCUT2D eigenvalue weighted by Gasteiger charge is 2.34. The summed E-state index contributed by atoms with van der Waals surface area (Å²) in [5.74, 6) is 0.157. The fraction of sp³-hybridized carbons (Fsp3) is 0.600. The van der Waals surface area contributed by atoms with Crippen LogP contribution in [-0.2, 0) is 16.0 Å². The van der Waals surface area contributed by atoms with Crippen molar-refractivity contribution in [3.05, 3.63) is 23.8 Å². The number of piperidine rings is 1. The van der Waals surface area contributed by atoms with Crippen LogP contribution < -0.4 is 10.6 Å². The number of amides is 2. The number of aryl methyl sites for hydroxylation is 1. The highest BCUT2D eigenvalue weighted by molar-refractivity contribution is 5.98. The van der Waals surface area contributed by atoms with E-state index in [1.165, 1.54) is 32.1 Å². The average molecular weight is 341 g/mol. The van der Waals surface area contributed by atoms with Crippen LogP contribution in [0.4, 0.5) is 11.4 Å². The zero-order chi connectivity index (χ0) is 17.2. The van der Waals surface area contributed by atoms with Crippen molar-refractivity contribution in [3.8, 4) is 0 Å². The zero-order valence-corrected chi connectivity index (χ0v) is 14.7. The number of nitrogens with zero attached hydrogens (tertiary/aromatic N) is 1. The number of rotatable bonds is 3. The lowest BCUT2D eigenvalue weighted by molar-refractivity contribution is -0.123. The predicted molar refractivity (Wildman–Crippen MR) is 98.6 cm³/mol. The van der Waals surface area contributed by atoms with Crippen LogP contribution in [0.25, 0.3) is 0 Å². The van der Waals surface area contributed by atoms with E-state index in [0.29, 0.717) is 12.5 Å². The van der Waals surface area contributed by atoms with Gasteiger partial charge in [-0.25, -0.2) is 0 Å². The number of fused-ring (bicyclic) bond motifs is 1. The number of anilines is 2. The summed E-state index contributed by atoms with van der Waals surface area (Å²) in [6.07, 6.45) is 9.63. The van der Waals surface area contributed by atoms with E-state index in [2.05, 4.69) is 15.5 Å². The van der Waals surface area contributed by atoms with E-state index >= 15 is 0 Å². The SMILES string of the molecule is O=C1CCc2ccc(NC(=O)[C@H]3CCCCN3C3CCCC3)cc2N1. The third kappa shape index (κ3) is 3.56. The third-order valence-electron chi connectivity index (χ3n) is 5.91. The minimum Gasteiger partial charge on any atom is -0.326 e. The van der Waals surface area contributed by atoms with Gasteiger partial charge in [-0.15, -0.1) is 0 Å². The molecule has 2 aliphatic heterocycles. The van der Waals surface area contributed by atoms with E-state index in [1.54, 1.807) is 0 Å². The van der Waals surface area contributed by atoms with E-state index in [-0.39, 0.29) is 17.9 Å². The Hall–Kier alpha value is -1.88. The summed E-state index contributed by atoms with van der Waals surface area (Å²) in [5, 5.41) is 6.00. The second-order valence-electron chi connectivity index (χ2n) is 7.60. The second-order valence-corrected chi connectivity index (χ2v) is 7.60. The lowest BCUT2D eigenvalue weighted by Gasteiger charge is -2.39. The fourth-order valence-electron chi connectivity index (χ4n) is 4.58. The molecule has 5 nitrogen and oxygen atoms in total. The van der Waals surface area contributed by atoms with E-state index in [0.717, 1.165) is 42.7 Å². The minimum atomic E-state index is -0.0116. The molecule has 2 N–H and O–H groups in total. The average Bonchev–Trinajstić information content (AvgIpc) is 3.16. The molecule has 3 aliphatic rings. The van der Waals surface area contributed by atoms with E-state index in [1.807, 2.05) is 18.2 Å². The predicted octanol–water partition coefficient (Wildman–Crippen LogP) is 3.31. The van der Waals surface area contributed by atoms with Crippen molar-refractivity contribution in [2.75, 3.05) is 17.2 Å². The van der Waals surface area contributed by atoms with Gasteiger partial charge < -0.3 is 10.6 Å². The molecule has 0 bridgehead atoms. The normalized spacial score (nSPS) is 24.6.